The number of alkyl halides is 3. The Hall–Kier alpha value is -3.21. The molecule has 0 aliphatic rings. The first kappa shape index (κ1) is 27.0. The molecule has 0 saturated carbocycles. The van der Waals surface area contributed by atoms with E-state index >= 15 is 0 Å². The van der Waals surface area contributed by atoms with E-state index in [4.69, 9.17) is 16.3 Å². The van der Waals surface area contributed by atoms with Crippen molar-refractivity contribution in [3.05, 3.63) is 71.0 Å². The summed E-state index contributed by atoms with van der Waals surface area (Å²) in [5.41, 5.74) is -0.566. The second-order valence-corrected chi connectivity index (χ2v) is 11.0. The number of nitrogens with zero attached hydrogens (tertiary/aromatic N) is 2. The molecule has 34 heavy (non-hydrogen) atoms. The number of allylic oxidation sites excluding steroid dienone is 1. The Morgan fingerprint density at radius 1 is 1.21 bits per heavy atom. The Balaban J connectivity index is 2.49. The minimum atomic E-state index is -4.73. The highest BCUT2D eigenvalue weighted by Crippen LogP contribution is 2.37. The van der Waals surface area contributed by atoms with Crippen LogP contribution in [0, 0.1) is 11.3 Å². The number of benzene rings is 2. The number of amidine groups is 1. The zero-order valence-electron chi connectivity index (χ0n) is 18.9. The van der Waals surface area contributed by atoms with Crippen LogP contribution in [-0.2, 0) is 4.57 Å². The molecule has 2 aromatic carbocycles. The van der Waals surface area contributed by atoms with E-state index in [9.17, 15) is 23.0 Å². The van der Waals surface area contributed by atoms with Gasteiger partial charge in [0.25, 0.3) is 0 Å². The van der Waals surface area contributed by atoms with Crippen molar-refractivity contribution in [1.29, 1.82) is 5.26 Å². The second-order valence-electron chi connectivity index (χ2n) is 7.39. The van der Waals surface area contributed by atoms with Crippen molar-refractivity contribution >= 4 is 41.3 Å². The topological polar surface area (TPSA) is 86.5 Å². The van der Waals surface area contributed by atoms with Gasteiger partial charge in [0, 0.05) is 10.3 Å². The number of aliphatic imine (C=N–C) groups is 1. The summed E-state index contributed by atoms with van der Waals surface area (Å²) >= 11 is 5.88. The van der Waals surface area contributed by atoms with E-state index in [-0.39, 0.29) is 22.1 Å². The van der Waals surface area contributed by atoms with E-state index in [2.05, 4.69) is 22.2 Å². The summed E-state index contributed by atoms with van der Waals surface area (Å²) in [6, 6.07) is 10.8. The molecule has 0 aliphatic carbocycles. The Kier molecular flexibility index (Phi) is 8.60. The molecule has 2 aromatic rings. The highest BCUT2D eigenvalue weighted by Gasteiger charge is 2.37. The van der Waals surface area contributed by atoms with Gasteiger partial charge in [0.05, 0.1) is 29.6 Å². The van der Waals surface area contributed by atoms with Gasteiger partial charge in [-0.15, -0.1) is 0 Å². The van der Waals surface area contributed by atoms with Gasteiger partial charge in [0.15, 0.2) is 0 Å². The molecule has 0 fully saturated rings. The van der Waals surface area contributed by atoms with Crippen LogP contribution in [0.25, 0.3) is 0 Å². The van der Waals surface area contributed by atoms with Crippen LogP contribution >= 0.6 is 18.7 Å². The smallest absolute Gasteiger partial charge is 0.419 e. The van der Waals surface area contributed by atoms with Gasteiger partial charge < -0.3 is 19.9 Å². The van der Waals surface area contributed by atoms with E-state index in [0.29, 0.717) is 16.7 Å². The summed E-state index contributed by atoms with van der Waals surface area (Å²) < 4.78 is 58.8. The zero-order chi connectivity index (χ0) is 25.7. The lowest BCUT2D eigenvalue weighted by molar-refractivity contribution is -0.0861. The normalized spacial score (nSPS) is 12.7. The van der Waals surface area contributed by atoms with Gasteiger partial charge in [-0.05, 0) is 56.7 Å². The second kappa shape index (κ2) is 10.8. The largest absolute Gasteiger partial charge is 0.495 e. The zero-order valence-corrected chi connectivity index (χ0v) is 20.6. The molecule has 6 nitrogen and oxygen atoms in total. The third-order valence-corrected chi connectivity index (χ3v) is 6.29. The van der Waals surface area contributed by atoms with Gasteiger partial charge in [-0.2, -0.15) is 18.4 Å². The number of rotatable bonds is 7. The molecule has 0 amide bonds. The molecule has 0 spiro atoms. The third-order valence-electron chi connectivity index (χ3n) is 4.54. The SMILES string of the molecule is C=C(/N=C(Nc1ccc(Cl)cc1C#N)\C(=C/C)C(F)(F)F)Nc1ccc(P(C)(C)=O)cc1OC. The van der Waals surface area contributed by atoms with Gasteiger partial charge in [0.1, 0.15) is 30.6 Å². The molecule has 0 bridgehead atoms. The van der Waals surface area contributed by atoms with Crippen molar-refractivity contribution < 1.29 is 22.5 Å². The lowest BCUT2D eigenvalue weighted by Gasteiger charge is -2.18. The van der Waals surface area contributed by atoms with Crippen LogP contribution in [0.1, 0.15) is 12.5 Å². The number of halogens is 4. The molecular weight excluding hydrogens is 488 g/mol. The monoisotopic (exact) mass is 510 g/mol. The first-order valence-corrected chi connectivity index (χ1v) is 12.8. The molecule has 2 N–H and O–H groups in total. The summed E-state index contributed by atoms with van der Waals surface area (Å²) in [7, 11) is -1.15. The molecule has 0 heterocycles. The van der Waals surface area contributed by atoms with Gasteiger partial charge in [0.2, 0.25) is 0 Å². The maximum Gasteiger partial charge on any atom is 0.419 e. The number of hydrogen-bond acceptors (Lipinski definition) is 5. The molecule has 0 atom stereocenters. The van der Waals surface area contributed by atoms with Crippen LogP contribution in [0.4, 0.5) is 24.5 Å². The number of methoxy groups -OCH3 is 1. The van der Waals surface area contributed by atoms with Crippen LogP contribution in [0.3, 0.4) is 0 Å². The lowest BCUT2D eigenvalue weighted by Crippen LogP contribution is -2.27. The van der Waals surface area contributed by atoms with Crippen molar-refractivity contribution in [3.63, 3.8) is 0 Å². The molecule has 180 valence electrons. The van der Waals surface area contributed by atoms with Crippen molar-refractivity contribution in [3.8, 4) is 11.8 Å². The average molecular weight is 511 g/mol. The Bertz CT molecular complexity index is 1240. The maximum absolute atomic E-state index is 13.7. The fraction of sp³-hybridized carbons (Fsp3) is 0.217. The number of ether oxygens (including phenoxy) is 1. The molecule has 11 heteroatoms. The summed E-state index contributed by atoms with van der Waals surface area (Å²) in [6.07, 6.45) is -3.88. The fourth-order valence-corrected chi connectivity index (χ4v) is 3.91. The molecule has 0 aromatic heterocycles. The average Bonchev–Trinajstić information content (AvgIpc) is 2.73. The van der Waals surface area contributed by atoms with Crippen LogP contribution in [0.2, 0.25) is 5.02 Å². The standard InChI is InChI=1S/C23H23ClF3N4O2P/c1-6-18(23(25,26)27)22(31-19-9-7-16(24)11-15(19)13-28)30-14(2)29-20-10-8-17(34(4,5)32)12-21(20)33-3/h6-12,29H,2H2,1,3-5H3,(H,30,31)/b18-6+. The first-order valence-electron chi connectivity index (χ1n) is 9.79. The van der Waals surface area contributed by atoms with Crippen LogP contribution in [-0.4, -0.2) is 32.5 Å². The van der Waals surface area contributed by atoms with Gasteiger partial charge >= 0.3 is 6.18 Å². The maximum atomic E-state index is 13.7. The minimum absolute atomic E-state index is 0.0391. The summed E-state index contributed by atoms with van der Waals surface area (Å²) in [6.45, 7) is 8.14. The predicted octanol–water partition coefficient (Wildman–Crippen LogP) is 6.37. The van der Waals surface area contributed by atoms with Crippen LogP contribution < -0.4 is 20.7 Å². The van der Waals surface area contributed by atoms with E-state index in [1.54, 1.807) is 31.5 Å². The first-order chi connectivity index (χ1) is 15.8. The third kappa shape index (κ3) is 6.89. The minimum Gasteiger partial charge on any atom is -0.495 e. The van der Waals surface area contributed by atoms with Gasteiger partial charge in [-0.1, -0.05) is 24.3 Å². The lowest BCUT2D eigenvalue weighted by atomic mass is 10.1. The number of anilines is 2. The number of nitrogens with one attached hydrogen (secondary N) is 2. The van der Waals surface area contributed by atoms with Crippen molar-refractivity contribution in [2.75, 3.05) is 31.1 Å². The summed E-state index contributed by atoms with van der Waals surface area (Å²) in [4.78, 5) is 4.01. The summed E-state index contributed by atoms with van der Waals surface area (Å²) in [5.74, 6) is -0.395. The van der Waals surface area contributed by atoms with Gasteiger partial charge in [-0.3, -0.25) is 0 Å². The van der Waals surface area contributed by atoms with E-state index in [1.807, 2.05) is 6.07 Å². The molecule has 0 saturated heterocycles. The Morgan fingerprint density at radius 3 is 2.38 bits per heavy atom. The number of hydrogen-bond donors (Lipinski definition) is 2. The van der Waals surface area contributed by atoms with Crippen molar-refractivity contribution in [1.82, 2.24) is 0 Å². The van der Waals surface area contributed by atoms with Crippen LogP contribution in [0.15, 0.2) is 65.4 Å². The van der Waals surface area contributed by atoms with Crippen molar-refractivity contribution in [2.24, 2.45) is 4.99 Å². The highest BCUT2D eigenvalue weighted by atomic mass is 35.5. The molecule has 0 aliphatic heterocycles. The molecule has 2 rings (SSSR count). The van der Waals surface area contributed by atoms with E-state index < -0.39 is 24.7 Å². The van der Waals surface area contributed by atoms with E-state index in [1.165, 1.54) is 32.2 Å². The van der Waals surface area contributed by atoms with Crippen LogP contribution in [0.5, 0.6) is 5.75 Å². The molecule has 0 unspecified atom stereocenters. The fourth-order valence-electron chi connectivity index (χ4n) is 2.87. The molecular formula is C23H23ClF3N4O2P. The molecule has 0 radical (unpaired) electrons. The van der Waals surface area contributed by atoms with Crippen molar-refractivity contribution in [2.45, 2.75) is 13.1 Å². The Morgan fingerprint density at radius 2 is 1.85 bits per heavy atom. The number of nitriles is 1. The highest BCUT2D eigenvalue weighted by molar-refractivity contribution is 7.70. The summed E-state index contributed by atoms with van der Waals surface area (Å²) in [5, 5.41) is 15.5. The van der Waals surface area contributed by atoms with Gasteiger partial charge in [-0.25, -0.2) is 4.99 Å². The quantitative estimate of drug-likeness (QED) is 0.257. The predicted molar refractivity (Wildman–Crippen MR) is 132 cm³/mol. The van der Waals surface area contributed by atoms with E-state index in [0.717, 1.165) is 6.08 Å². The Labute approximate surface area is 201 Å².